The normalized spacial score (nSPS) is 18.3. The fourth-order valence-electron chi connectivity index (χ4n) is 7.30. The Morgan fingerprint density at radius 1 is 0.820 bits per heavy atom. The van der Waals surface area contributed by atoms with E-state index in [1.165, 1.54) is 12.1 Å². The van der Waals surface area contributed by atoms with Gasteiger partial charge in [-0.15, -0.1) is 0 Å². The molecular formula is C42H39FN4O3. The van der Waals surface area contributed by atoms with Crippen LogP contribution in [0.5, 0.6) is 0 Å². The Bertz CT molecular complexity index is 1980. The molecule has 0 aromatic heterocycles. The minimum absolute atomic E-state index is 0.100. The van der Waals surface area contributed by atoms with Gasteiger partial charge in [0.15, 0.2) is 6.04 Å². The number of benzene rings is 5. The average molecular weight is 667 g/mol. The Morgan fingerprint density at radius 2 is 1.50 bits per heavy atom. The molecule has 2 aliphatic heterocycles. The van der Waals surface area contributed by atoms with Gasteiger partial charge in [-0.05, 0) is 72.8 Å². The van der Waals surface area contributed by atoms with Crippen molar-refractivity contribution in [2.75, 3.05) is 23.3 Å². The Labute approximate surface area is 291 Å². The van der Waals surface area contributed by atoms with Crippen molar-refractivity contribution in [2.45, 2.75) is 43.9 Å². The van der Waals surface area contributed by atoms with Gasteiger partial charge in [0, 0.05) is 29.9 Å². The van der Waals surface area contributed by atoms with E-state index in [4.69, 9.17) is 4.99 Å². The molecule has 7 rings (SSSR count). The summed E-state index contributed by atoms with van der Waals surface area (Å²) in [7, 11) is 0. The fourth-order valence-corrected chi connectivity index (χ4v) is 7.30. The maximum absolute atomic E-state index is 14.0. The number of para-hydroxylation sites is 1. The average Bonchev–Trinajstić information content (AvgIpc) is 3.61. The fraction of sp³-hybridized carbons (Fsp3) is 0.214. The van der Waals surface area contributed by atoms with E-state index in [9.17, 15) is 19.1 Å². The Kier molecular flexibility index (Phi) is 9.80. The van der Waals surface area contributed by atoms with E-state index in [1.54, 1.807) is 12.1 Å². The molecule has 1 fully saturated rings. The number of fused-ring (bicyclic) bond motifs is 1. The third kappa shape index (κ3) is 7.07. The maximum atomic E-state index is 14.0. The number of nitrogens with one attached hydrogen (secondary N) is 1. The molecular weight excluding hydrogens is 627 g/mol. The van der Waals surface area contributed by atoms with Crippen molar-refractivity contribution in [2.24, 2.45) is 4.99 Å². The molecule has 0 unspecified atom stereocenters. The van der Waals surface area contributed by atoms with Gasteiger partial charge in [-0.1, -0.05) is 103 Å². The number of amides is 1. The minimum atomic E-state index is -1.24. The summed E-state index contributed by atoms with van der Waals surface area (Å²) in [5.41, 5.74) is 6.19. The highest BCUT2D eigenvalue weighted by Crippen LogP contribution is 2.38. The lowest BCUT2D eigenvalue weighted by molar-refractivity contribution is -0.139. The maximum Gasteiger partial charge on any atom is 0.330 e. The van der Waals surface area contributed by atoms with E-state index in [-0.39, 0.29) is 17.8 Å². The lowest BCUT2D eigenvalue weighted by Gasteiger charge is -2.41. The number of aliphatic imine (C=N–C) groups is 1. The minimum Gasteiger partial charge on any atom is -0.480 e. The summed E-state index contributed by atoms with van der Waals surface area (Å²) in [5, 5.41) is 14.1. The third-order valence-electron chi connectivity index (χ3n) is 9.69. The number of aliphatic carboxylic acids is 1. The monoisotopic (exact) mass is 666 g/mol. The van der Waals surface area contributed by atoms with E-state index in [2.05, 4.69) is 22.3 Å². The zero-order valence-electron chi connectivity index (χ0n) is 27.7. The molecule has 1 saturated heterocycles. The van der Waals surface area contributed by atoms with Crippen molar-refractivity contribution in [3.63, 3.8) is 0 Å². The first-order valence-corrected chi connectivity index (χ1v) is 17.1. The first kappa shape index (κ1) is 32.9. The molecule has 0 spiro atoms. The number of likely N-dealkylation sites (tertiary alicyclic amines) is 1. The zero-order chi connectivity index (χ0) is 34.5. The van der Waals surface area contributed by atoms with Gasteiger partial charge in [0.2, 0.25) is 5.91 Å². The second-order valence-corrected chi connectivity index (χ2v) is 12.8. The summed E-state index contributed by atoms with van der Waals surface area (Å²) >= 11 is 0. The molecule has 8 heteroatoms. The first-order chi connectivity index (χ1) is 24.5. The largest absolute Gasteiger partial charge is 0.480 e. The predicted octanol–water partition coefficient (Wildman–Crippen LogP) is 7.52. The number of carboxylic acid groups (broad SMARTS) is 1. The molecule has 0 aliphatic carbocycles. The summed E-state index contributed by atoms with van der Waals surface area (Å²) in [6, 6.07) is 38.9. The van der Waals surface area contributed by atoms with Crippen LogP contribution in [0, 0.1) is 5.82 Å². The predicted molar refractivity (Wildman–Crippen MR) is 195 cm³/mol. The van der Waals surface area contributed by atoms with E-state index in [0.717, 1.165) is 47.3 Å². The molecule has 2 heterocycles. The zero-order valence-corrected chi connectivity index (χ0v) is 27.7. The summed E-state index contributed by atoms with van der Waals surface area (Å²) in [4.78, 5) is 36.7. The molecule has 0 radical (unpaired) electrons. The number of halogens is 1. The van der Waals surface area contributed by atoms with Crippen molar-refractivity contribution < 1.29 is 19.1 Å². The number of carboxylic acids is 1. The van der Waals surface area contributed by atoms with Crippen molar-refractivity contribution in [1.29, 1.82) is 0 Å². The SMILES string of the molecule is O=C(O)[C@@H](N=C(c1ccccc1)c1ccccc1NC(=O)[C@@H]1CCCN1Cc1ccccc1)[C@H]1c2ccccc2CCN1c1ccc(F)cc1. The smallest absolute Gasteiger partial charge is 0.330 e. The van der Waals surface area contributed by atoms with Crippen molar-refractivity contribution in [3.05, 3.63) is 167 Å². The molecule has 0 bridgehead atoms. The van der Waals surface area contributed by atoms with E-state index >= 15 is 0 Å². The van der Waals surface area contributed by atoms with Gasteiger partial charge >= 0.3 is 5.97 Å². The van der Waals surface area contributed by atoms with Crippen LogP contribution in [0.3, 0.4) is 0 Å². The summed E-state index contributed by atoms with van der Waals surface area (Å²) < 4.78 is 14.0. The molecule has 0 saturated carbocycles. The van der Waals surface area contributed by atoms with Gasteiger partial charge in [0.05, 0.1) is 23.5 Å². The third-order valence-corrected chi connectivity index (χ3v) is 9.69. The van der Waals surface area contributed by atoms with Crippen LogP contribution < -0.4 is 10.2 Å². The topological polar surface area (TPSA) is 85.2 Å². The molecule has 3 atom stereocenters. The van der Waals surface area contributed by atoms with Crippen LogP contribution in [0.2, 0.25) is 0 Å². The van der Waals surface area contributed by atoms with Crippen molar-refractivity contribution in [1.82, 2.24) is 4.90 Å². The second-order valence-electron chi connectivity index (χ2n) is 12.8. The Balaban J connectivity index is 1.29. The second kappa shape index (κ2) is 14.9. The number of nitrogens with zero attached hydrogens (tertiary/aromatic N) is 3. The molecule has 1 amide bonds. The van der Waals surface area contributed by atoms with Gasteiger partial charge in [-0.3, -0.25) is 14.7 Å². The number of hydrogen-bond acceptors (Lipinski definition) is 5. The summed E-state index contributed by atoms with van der Waals surface area (Å²) in [6.07, 6.45) is 2.39. The van der Waals surface area contributed by atoms with E-state index in [1.807, 2.05) is 102 Å². The standard InChI is InChI=1S/C42H39FN4O3/c43-32-21-23-33(24-22-32)47-27-25-30-14-7-8-17-34(30)40(47)39(42(49)50)45-38(31-15-5-2-6-16-31)35-18-9-10-19-36(35)44-41(48)37-20-11-26-46(37)28-29-12-3-1-4-13-29/h1-10,12-19,21-24,37,39-40H,11,20,25-28H2,(H,44,48)(H,49,50)/t37-,39-,40+/m0/s1. The summed E-state index contributed by atoms with van der Waals surface area (Å²) in [5.74, 6) is -1.55. The number of anilines is 2. The lowest BCUT2D eigenvalue weighted by Crippen LogP contribution is -2.44. The summed E-state index contributed by atoms with van der Waals surface area (Å²) in [6.45, 7) is 2.06. The molecule has 2 aliphatic rings. The van der Waals surface area contributed by atoms with Crippen LogP contribution >= 0.6 is 0 Å². The number of rotatable bonds is 10. The Hall–Kier alpha value is -5.60. The molecule has 252 valence electrons. The first-order valence-electron chi connectivity index (χ1n) is 17.1. The highest BCUT2D eigenvalue weighted by molar-refractivity contribution is 6.17. The van der Waals surface area contributed by atoms with Crippen molar-refractivity contribution in [3.8, 4) is 0 Å². The van der Waals surface area contributed by atoms with Crippen molar-refractivity contribution >= 4 is 29.0 Å². The highest BCUT2D eigenvalue weighted by Gasteiger charge is 2.39. The van der Waals surface area contributed by atoms with Gasteiger partial charge in [0.1, 0.15) is 5.82 Å². The molecule has 5 aromatic rings. The highest BCUT2D eigenvalue weighted by atomic mass is 19.1. The van der Waals surface area contributed by atoms with Crippen LogP contribution in [-0.2, 0) is 22.6 Å². The van der Waals surface area contributed by atoms with Crippen LogP contribution in [0.4, 0.5) is 15.8 Å². The van der Waals surface area contributed by atoms with Gasteiger partial charge in [0.25, 0.3) is 0 Å². The number of hydrogen-bond donors (Lipinski definition) is 2. The lowest BCUT2D eigenvalue weighted by atomic mass is 9.87. The van der Waals surface area contributed by atoms with Crippen LogP contribution in [0.1, 0.15) is 46.7 Å². The van der Waals surface area contributed by atoms with E-state index in [0.29, 0.717) is 36.5 Å². The van der Waals surface area contributed by atoms with Crippen LogP contribution in [0.15, 0.2) is 138 Å². The molecule has 7 nitrogen and oxygen atoms in total. The van der Waals surface area contributed by atoms with Gasteiger partial charge in [-0.25, -0.2) is 9.18 Å². The number of carbonyl (C=O) groups excluding carboxylic acids is 1. The molecule has 2 N–H and O–H groups in total. The Morgan fingerprint density at radius 3 is 2.26 bits per heavy atom. The van der Waals surface area contributed by atoms with E-state index < -0.39 is 18.1 Å². The quantitative estimate of drug-likeness (QED) is 0.151. The van der Waals surface area contributed by atoms with Gasteiger partial charge < -0.3 is 15.3 Å². The molecule has 5 aromatic carbocycles. The van der Waals surface area contributed by atoms with Crippen LogP contribution in [-0.4, -0.2) is 52.8 Å². The number of carbonyl (C=O) groups is 2. The molecule has 50 heavy (non-hydrogen) atoms. The van der Waals surface area contributed by atoms with Gasteiger partial charge in [-0.2, -0.15) is 0 Å². The van der Waals surface area contributed by atoms with Crippen LogP contribution in [0.25, 0.3) is 0 Å².